The van der Waals surface area contributed by atoms with Gasteiger partial charge in [0.15, 0.2) is 5.16 Å². The van der Waals surface area contributed by atoms with Crippen LogP contribution in [0, 0.1) is 0 Å². The first kappa shape index (κ1) is 20.9. The summed E-state index contributed by atoms with van der Waals surface area (Å²) in [6, 6.07) is 12.2. The number of amides is 1. The number of thioether (sulfide) groups is 1. The third-order valence-corrected chi connectivity index (χ3v) is 6.95. The van der Waals surface area contributed by atoms with Gasteiger partial charge in [-0.15, -0.1) is 21.5 Å². The van der Waals surface area contributed by atoms with Gasteiger partial charge in [0.05, 0.1) is 18.5 Å². The summed E-state index contributed by atoms with van der Waals surface area (Å²) < 4.78 is 7.40. The molecule has 1 saturated heterocycles. The third-order valence-electron chi connectivity index (χ3n) is 4.92. The summed E-state index contributed by atoms with van der Waals surface area (Å²) in [6.45, 7) is 5.99. The molecule has 1 amide bonds. The number of carbonyl (C=O) groups is 1. The first-order valence-corrected chi connectivity index (χ1v) is 11.8. The second-order valence-electron chi connectivity index (χ2n) is 7.03. The van der Waals surface area contributed by atoms with Crippen LogP contribution in [0.15, 0.2) is 53.3 Å². The van der Waals surface area contributed by atoms with E-state index in [0.29, 0.717) is 0 Å². The van der Waals surface area contributed by atoms with Crippen molar-refractivity contribution in [3.05, 3.63) is 53.0 Å². The molecule has 1 fully saturated rings. The van der Waals surface area contributed by atoms with Gasteiger partial charge in [-0.3, -0.25) is 4.79 Å². The van der Waals surface area contributed by atoms with Gasteiger partial charge in [0.1, 0.15) is 6.33 Å². The van der Waals surface area contributed by atoms with Crippen molar-refractivity contribution in [3.8, 4) is 0 Å². The predicted molar refractivity (Wildman–Crippen MR) is 121 cm³/mol. The van der Waals surface area contributed by atoms with Crippen LogP contribution in [0.2, 0.25) is 0 Å². The Morgan fingerprint density at radius 3 is 2.80 bits per heavy atom. The zero-order valence-corrected chi connectivity index (χ0v) is 18.5. The minimum Gasteiger partial charge on any atom is -0.378 e. The van der Waals surface area contributed by atoms with Crippen molar-refractivity contribution in [2.24, 2.45) is 0 Å². The van der Waals surface area contributed by atoms with Crippen LogP contribution in [0.4, 0.5) is 11.4 Å². The second kappa shape index (κ2) is 10.1. The monoisotopic (exact) mass is 443 g/mol. The quantitative estimate of drug-likeness (QED) is 0.537. The van der Waals surface area contributed by atoms with Gasteiger partial charge >= 0.3 is 0 Å². The fraction of sp³-hybridized carbons (Fsp3) is 0.381. The Bertz CT molecular complexity index is 937. The molecule has 0 bridgehead atoms. The molecule has 9 heteroatoms. The minimum absolute atomic E-state index is 0.0491. The molecule has 1 N–H and O–H groups in total. The minimum atomic E-state index is -0.284. The van der Waals surface area contributed by atoms with E-state index in [0.717, 1.165) is 55.8 Å². The summed E-state index contributed by atoms with van der Waals surface area (Å²) in [4.78, 5) is 16.3. The molecule has 7 nitrogen and oxygen atoms in total. The molecule has 3 aromatic rings. The van der Waals surface area contributed by atoms with Crippen LogP contribution >= 0.6 is 23.1 Å². The molecule has 158 valence electrons. The molecule has 30 heavy (non-hydrogen) atoms. The van der Waals surface area contributed by atoms with Crippen LogP contribution in [-0.4, -0.2) is 52.2 Å². The molecule has 0 radical (unpaired) electrons. The Morgan fingerprint density at radius 2 is 2.07 bits per heavy atom. The van der Waals surface area contributed by atoms with Gasteiger partial charge in [0.25, 0.3) is 0 Å². The molecular weight excluding hydrogens is 418 g/mol. The van der Waals surface area contributed by atoms with Gasteiger partial charge in [-0.2, -0.15) is 0 Å². The SMILES string of the molecule is C[C@H](Sc1nncn1CCc1cccs1)C(=O)Nc1ccc(N2CCOCC2)cc1. The first-order valence-electron chi connectivity index (χ1n) is 9.99. The molecule has 0 saturated carbocycles. The standard InChI is InChI=1S/C21H25N5O2S2/c1-16(30-21-24-22-15-26(21)9-8-19-3-2-14-29-19)20(27)23-17-4-6-18(7-5-17)25-10-12-28-13-11-25/h2-7,14-16H,8-13H2,1H3,(H,23,27)/t16-/m0/s1. The van der Waals surface area contributed by atoms with E-state index < -0.39 is 0 Å². The van der Waals surface area contributed by atoms with E-state index >= 15 is 0 Å². The highest BCUT2D eigenvalue weighted by molar-refractivity contribution is 8.00. The average molecular weight is 444 g/mol. The van der Waals surface area contributed by atoms with Crippen molar-refractivity contribution >= 4 is 40.4 Å². The Balaban J connectivity index is 1.30. The normalized spacial score (nSPS) is 15.2. The summed E-state index contributed by atoms with van der Waals surface area (Å²) in [5.41, 5.74) is 1.95. The number of hydrogen-bond acceptors (Lipinski definition) is 7. The number of benzene rings is 1. The summed E-state index contributed by atoms with van der Waals surface area (Å²) >= 11 is 3.17. The Morgan fingerprint density at radius 1 is 1.27 bits per heavy atom. The molecule has 2 aromatic heterocycles. The molecule has 4 rings (SSSR count). The van der Waals surface area contributed by atoms with Gasteiger partial charge in [0, 0.05) is 35.9 Å². The lowest BCUT2D eigenvalue weighted by molar-refractivity contribution is -0.115. The molecule has 0 spiro atoms. The largest absolute Gasteiger partial charge is 0.378 e. The number of hydrogen-bond donors (Lipinski definition) is 1. The summed E-state index contributed by atoms with van der Waals surface area (Å²) in [5, 5.41) is 13.8. The predicted octanol–water partition coefficient (Wildman–Crippen LogP) is 3.54. The number of aryl methyl sites for hydroxylation is 2. The van der Waals surface area contributed by atoms with E-state index in [-0.39, 0.29) is 11.2 Å². The van der Waals surface area contributed by atoms with Gasteiger partial charge in [-0.25, -0.2) is 0 Å². The molecule has 0 unspecified atom stereocenters. The smallest absolute Gasteiger partial charge is 0.237 e. The van der Waals surface area contributed by atoms with E-state index in [2.05, 4.69) is 37.9 Å². The van der Waals surface area contributed by atoms with Crippen molar-refractivity contribution in [3.63, 3.8) is 0 Å². The highest BCUT2D eigenvalue weighted by Gasteiger charge is 2.18. The maximum absolute atomic E-state index is 12.7. The van der Waals surface area contributed by atoms with Crippen molar-refractivity contribution in [1.82, 2.24) is 14.8 Å². The van der Waals surface area contributed by atoms with Gasteiger partial charge in [-0.05, 0) is 49.1 Å². The number of ether oxygens (including phenoxy) is 1. The van der Waals surface area contributed by atoms with Crippen LogP contribution < -0.4 is 10.2 Å². The van der Waals surface area contributed by atoms with E-state index in [9.17, 15) is 4.79 Å². The van der Waals surface area contributed by atoms with E-state index in [4.69, 9.17) is 4.74 Å². The zero-order chi connectivity index (χ0) is 20.8. The number of rotatable bonds is 8. The number of anilines is 2. The van der Waals surface area contributed by atoms with E-state index in [1.165, 1.54) is 16.6 Å². The molecule has 1 aliphatic heterocycles. The molecule has 1 atom stereocenters. The van der Waals surface area contributed by atoms with E-state index in [1.807, 2.05) is 35.8 Å². The highest BCUT2D eigenvalue weighted by atomic mass is 32.2. The number of nitrogens with zero attached hydrogens (tertiary/aromatic N) is 4. The summed E-state index contributed by atoms with van der Waals surface area (Å²) in [7, 11) is 0. The maximum Gasteiger partial charge on any atom is 0.237 e. The fourth-order valence-corrected chi connectivity index (χ4v) is 4.76. The lowest BCUT2D eigenvalue weighted by Gasteiger charge is -2.28. The van der Waals surface area contributed by atoms with Crippen LogP contribution in [0.5, 0.6) is 0 Å². The topological polar surface area (TPSA) is 72.3 Å². The molecular formula is C21H25N5O2S2. The number of aromatic nitrogens is 3. The van der Waals surface area contributed by atoms with Crippen molar-refractivity contribution in [2.45, 2.75) is 30.3 Å². The van der Waals surface area contributed by atoms with Gasteiger partial charge in [-0.1, -0.05) is 17.8 Å². The van der Waals surface area contributed by atoms with Crippen LogP contribution in [0.25, 0.3) is 0 Å². The van der Waals surface area contributed by atoms with Crippen molar-refractivity contribution in [1.29, 1.82) is 0 Å². The molecule has 1 aliphatic rings. The lowest BCUT2D eigenvalue weighted by atomic mass is 10.2. The van der Waals surface area contributed by atoms with E-state index in [1.54, 1.807) is 17.7 Å². The number of morpholine rings is 1. The number of carbonyl (C=O) groups excluding carboxylic acids is 1. The molecule has 1 aromatic carbocycles. The lowest BCUT2D eigenvalue weighted by Crippen LogP contribution is -2.36. The highest BCUT2D eigenvalue weighted by Crippen LogP contribution is 2.24. The van der Waals surface area contributed by atoms with Crippen LogP contribution in [-0.2, 0) is 22.5 Å². The van der Waals surface area contributed by atoms with Crippen LogP contribution in [0.1, 0.15) is 11.8 Å². The molecule has 3 heterocycles. The van der Waals surface area contributed by atoms with Crippen molar-refractivity contribution < 1.29 is 9.53 Å². The maximum atomic E-state index is 12.7. The van der Waals surface area contributed by atoms with Crippen molar-refractivity contribution in [2.75, 3.05) is 36.5 Å². The first-order chi connectivity index (χ1) is 14.7. The summed E-state index contributed by atoms with van der Waals surface area (Å²) in [6.07, 6.45) is 2.66. The van der Waals surface area contributed by atoms with Gasteiger partial charge < -0.3 is 19.5 Å². The number of nitrogens with one attached hydrogen (secondary N) is 1. The molecule has 0 aliphatic carbocycles. The average Bonchev–Trinajstić information content (AvgIpc) is 3.45. The van der Waals surface area contributed by atoms with Gasteiger partial charge in [0.2, 0.25) is 5.91 Å². The Labute approximate surface area is 184 Å². The third kappa shape index (κ3) is 5.41. The zero-order valence-electron chi connectivity index (χ0n) is 16.9. The number of thiophene rings is 1. The Hall–Kier alpha value is -2.36. The second-order valence-corrected chi connectivity index (χ2v) is 9.37. The Kier molecular flexibility index (Phi) is 7.03. The summed E-state index contributed by atoms with van der Waals surface area (Å²) in [5.74, 6) is -0.0491. The van der Waals surface area contributed by atoms with Crippen LogP contribution in [0.3, 0.4) is 0 Å². The fourth-order valence-electron chi connectivity index (χ4n) is 3.21.